The second-order valence-corrected chi connectivity index (χ2v) is 17.6. The van der Waals surface area contributed by atoms with E-state index in [1.54, 1.807) is 0 Å². The number of ether oxygens (including phenoxy) is 1. The summed E-state index contributed by atoms with van der Waals surface area (Å²) in [6.07, 6.45) is 10.8. The second-order valence-electron chi connectivity index (χ2n) is 17.6. The molecule has 0 radical (unpaired) electrons. The molecule has 3 aliphatic heterocycles. The van der Waals surface area contributed by atoms with Gasteiger partial charge in [-0.15, -0.1) is 48.1 Å². The number of benzene rings is 6. The fourth-order valence-electron chi connectivity index (χ4n) is 9.24. The van der Waals surface area contributed by atoms with Crippen LogP contribution >= 0.6 is 0 Å². The summed E-state index contributed by atoms with van der Waals surface area (Å²) in [5.41, 5.74) is 14.6. The molecule has 8 aromatic rings. The number of aromatic nitrogens is 2. The third-order valence-electron chi connectivity index (χ3n) is 12.2. The third-order valence-corrected chi connectivity index (χ3v) is 12.2. The van der Waals surface area contributed by atoms with Gasteiger partial charge in [-0.25, -0.2) is 4.98 Å². The van der Waals surface area contributed by atoms with Crippen molar-refractivity contribution in [3.05, 3.63) is 228 Å². The van der Waals surface area contributed by atoms with Crippen LogP contribution in [0.2, 0.25) is 0 Å². The maximum Gasteiger partial charge on any atom is 0.335 e. The van der Waals surface area contributed by atoms with Gasteiger partial charge >= 0.3 is 6.85 Å². The number of rotatable bonds is 7. The molecular weight excluding hydrogens is 965 g/mol. The van der Waals surface area contributed by atoms with Crippen LogP contribution < -0.4 is 14.5 Å². The van der Waals surface area contributed by atoms with Gasteiger partial charge in [0.05, 0.1) is 0 Å². The van der Waals surface area contributed by atoms with Gasteiger partial charge in [0.2, 0.25) is 0 Å². The molecular formula is C56H45BN5OPt-3. The van der Waals surface area contributed by atoms with Crippen molar-refractivity contribution in [2.75, 3.05) is 9.80 Å². The average Bonchev–Trinajstić information content (AvgIpc) is 3.84. The number of hydrogen-bond donors (Lipinski definition) is 0. The van der Waals surface area contributed by atoms with Gasteiger partial charge in [-0.2, -0.15) is 12.1 Å². The Hall–Kier alpha value is -6.82. The van der Waals surface area contributed by atoms with E-state index in [0.717, 1.165) is 44.7 Å². The molecule has 6 aromatic carbocycles. The summed E-state index contributed by atoms with van der Waals surface area (Å²) in [5, 5.41) is 2.23. The molecule has 2 aromatic heterocycles. The van der Waals surface area contributed by atoms with Gasteiger partial charge in [-0.1, -0.05) is 122 Å². The minimum atomic E-state index is -0.0684. The topological polar surface area (TPSA) is 36.8 Å². The van der Waals surface area contributed by atoms with E-state index in [2.05, 4.69) is 224 Å². The molecule has 316 valence electrons. The first-order valence-electron chi connectivity index (χ1n) is 21.6. The second kappa shape index (κ2) is 16.4. The van der Waals surface area contributed by atoms with Crippen LogP contribution in [0.1, 0.15) is 48.6 Å². The Morgan fingerprint density at radius 2 is 1.38 bits per heavy atom. The molecule has 0 bridgehead atoms. The fraction of sp³-hybridized carbons (Fsp3) is 0.107. The number of allylic oxidation sites excluding steroid dienone is 4. The van der Waals surface area contributed by atoms with Crippen molar-refractivity contribution in [3.63, 3.8) is 0 Å². The van der Waals surface area contributed by atoms with E-state index in [0.29, 0.717) is 11.5 Å². The SMILES string of the molecule is Cc1cc(C)cc(C2=C(N3[CH-]N(c4[c-]c(Oc5[c-]c6c(cc5)c5ccccc5n6-c5cc(C(C)(C)C)ccn5)ccc4)c4ccccc43)B3C=C(c4ccccc4)C=CN3C=C2)c1.[Pt]. The van der Waals surface area contributed by atoms with Crippen molar-refractivity contribution in [2.24, 2.45) is 0 Å². The van der Waals surface area contributed by atoms with Gasteiger partial charge in [-0.3, -0.25) is 0 Å². The number of anilines is 3. The number of aryl methyl sites for hydroxylation is 2. The van der Waals surface area contributed by atoms with Gasteiger partial charge in [0.15, 0.2) is 0 Å². The number of fused-ring (bicyclic) bond motifs is 5. The van der Waals surface area contributed by atoms with Crippen molar-refractivity contribution >= 4 is 56.9 Å². The van der Waals surface area contributed by atoms with Gasteiger partial charge < -0.3 is 23.9 Å². The van der Waals surface area contributed by atoms with Crippen LogP contribution in [-0.2, 0) is 26.5 Å². The van der Waals surface area contributed by atoms with E-state index >= 15 is 0 Å². The predicted octanol–water partition coefficient (Wildman–Crippen LogP) is 13.5. The largest absolute Gasteiger partial charge is 0.509 e. The Balaban J connectivity index is 0.00000484. The van der Waals surface area contributed by atoms with Crippen molar-refractivity contribution in [1.29, 1.82) is 0 Å². The molecule has 64 heavy (non-hydrogen) atoms. The molecule has 0 saturated carbocycles. The zero-order chi connectivity index (χ0) is 42.8. The van der Waals surface area contributed by atoms with Crippen LogP contribution in [0.4, 0.5) is 17.1 Å². The average molecular weight is 1010 g/mol. The number of hydrogen-bond acceptors (Lipinski definition) is 5. The van der Waals surface area contributed by atoms with Crippen molar-refractivity contribution in [1.82, 2.24) is 14.4 Å². The fourth-order valence-corrected chi connectivity index (χ4v) is 9.24. The van der Waals surface area contributed by atoms with Crippen LogP contribution in [0.25, 0.3) is 38.8 Å². The summed E-state index contributed by atoms with van der Waals surface area (Å²) < 4.78 is 8.86. The zero-order valence-electron chi connectivity index (χ0n) is 36.4. The minimum absolute atomic E-state index is 0. The summed E-state index contributed by atoms with van der Waals surface area (Å²) in [4.78, 5) is 11.7. The summed E-state index contributed by atoms with van der Waals surface area (Å²) in [6.45, 7) is 13.2. The maximum absolute atomic E-state index is 6.66. The summed E-state index contributed by atoms with van der Waals surface area (Å²) >= 11 is 0. The quantitative estimate of drug-likeness (QED) is 0.117. The summed E-state index contributed by atoms with van der Waals surface area (Å²) in [5.74, 6) is 4.44. The van der Waals surface area contributed by atoms with Gasteiger partial charge in [0.1, 0.15) is 5.82 Å². The smallest absolute Gasteiger partial charge is 0.335 e. The van der Waals surface area contributed by atoms with Crippen molar-refractivity contribution < 1.29 is 25.8 Å². The Morgan fingerprint density at radius 1 is 0.656 bits per heavy atom. The van der Waals surface area contributed by atoms with Crippen molar-refractivity contribution in [2.45, 2.75) is 40.0 Å². The molecule has 0 fully saturated rings. The maximum atomic E-state index is 6.66. The molecule has 11 rings (SSSR count). The van der Waals surface area contributed by atoms with E-state index in [-0.39, 0.29) is 33.3 Å². The van der Waals surface area contributed by atoms with E-state index < -0.39 is 0 Å². The molecule has 8 heteroatoms. The number of nitrogens with zero attached hydrogens (tertiary/aromatic N) is 5. The summed E-state index contributed by atoms with van der Waals surface area (Å²) in [7, 11) is 0. The van der Waals surface area contributed by atoms with Gasteiger partial charge in [0.25, 0.3) is 0 Å². The van der Waals surface area contributed by atoms with Crippen LogP contribution in [0.15, 0.2) is 182 Å². The molecule has 0 unspecified atom stereocenters. The Bertz CT molecular complexity index is 3210. The molecule has 0 amide bonds. The Morgan fingerprint density at radius 3 is 2.17 bits per heavy atom. The van der Waals surface area contributed by atoms with Crippen LogP contribution in [0, 0.1) is 32.6 Å². The normalized spacial score (nSPS) is 14.5. The molecule has 0 spiro atoms. The van der Waals surface area contributed by atoms with E-state index in [1.807, 2.05) is 24.4 Å². The van der Waals surface area contributed by atoms with Crippen molar-refractivity contribution in [3.8, 4) is 17.3 Å². The third kappa shape index (κ3) is 7.38. The Labute approximate surface area is 390 Å². The van der Waals surface area contributed by atoms with E-state index in [9.17, 15) is 0 Å². The van der Waals surface area contributed by atoms with Gasteiger partial charge in [-0.05, 0) is 113 Å². The minimum Gasteiger partial charge on any atom is -0.509 e. The first-order chi connectivity index (χ1) is 30.7. The monoisotopic (exact) mass is 1010 g/mol. The molecule has 3 aliphatic rings. The standard InChI is InChI=1S/C56H45BN5O.Pt/c1-38-30-39(2)32-42(31-38)47-26-29-59-28-25-41(40-14-7-6-8-15-40)36-57(59)55(47)61-37-60(51-20-11-12-21-52(51)61)44-16-13-17-45(34-44)63-46-22-23-49-48-18-9-10-19-50(48)62(53(49)35-46)54-33-43(24-27-58-54)56(3,4)5;/h6-33,36-37H,1-5H3;/q-3;. The Kier molecular flexibility index (Phi) is 10.6. The van der Waals surface area contributed by atoms with Crippen LogP contribution in [0.5, 0.6) is 11.5 Å². The number of para-hydroxylation sites is 3. The molecule has 0 atom stereocenters. The summed E-state index contributed by atoms with van der Waals surface area (Å²) in [6, 6.07) is 56.3. The van der Waals surface area contributed by atoms with E-state index in [1.165, 1.54) is 44.6 Å². The predicted molar refractivity (Wildman–Crippen MR) is 260 cm³/mol. The molecule has 5 heterocycles. The van der Waals surface area contributed by atoms with Crippen LogP contribution in [0.3, 0.4) is 0 Å². The van der Waals surface area contributed by atoms with E-state index in [4.69, 9.17) is 9.72 Å². The zero-order valence-corrected chi connectivity index (χ0v) is 38.6. The number of pyridine rings is 1. The first kappa shape index (κ1) is 41.2. The molecule has 6 nitrogen and oxygen atoms in total. The van der Waals surface area contributed by atoms with Crippen LogP contribution in [-0.4, -0.2) is 21.2 Å². The molecule has 0 saturated heterocycles. The molecule has 0 N–H and O–H groups in total. The first-order valence-corrected chi connectivity index (χ1v) is 21.6. The molecule has 0 aliphatic carbocycles. The van der Waals surface area contributed by atoms with Gasteiger partial charge in [0, 0.05) is 55.7 Å².